The molecule has 0 radical (unpaired) electrons. The molecule has 2 fully saturated rings. The van der Waals surface area contributed by atoms with Crippen LogP contribution in [0.5, 0.6) is 0 Å². The Morgan fingerprint density at radius 2 is 1.87 bits per heavy atom. The molecule has 9 nitrogen and oxygen atoms in total. The molecule has 170 valence electrons. The predicted octanol–water partition coefficient (Wildman–Crippen LogP) is 1.60. The molecule has 0 bridgehead atoms. The number of piperidine rings is 1. The van der Waals surface area contributed by atoms with Crippen molar-refractivity contribution in [3.05, 3.63) is 0 Å². The average Bonchev–Trinajstić information content (AvgIpc) is 3.48. The topological polar surface area (TPSA) is 114 Å². The Morgan fingerprint density at radius 3 is 2.40 bits per heavy atom. The van der Waals surface area contributed by atoms with Crippen LogP contribution in [-0.4, -0.2) is 67.2 Å². The second-order valence-electron chi connectivity index (χ2n) is 9.24. The molecule has 30 heavy (non-hydrogen) atoms. The molecule has 0 aromatic heterocycles. The number of likely N-dealkylation sites (N-methyl/N-ethyl adjacent to an activating group) is 1. The van der Waals surface area contributed by atoms with Crippen molar-refractivity contribution in [1.29, 1.82) is 0 Å². The van der Waals surface area contributed by atoms with Crippen molar-refractivity contribution in [2.45, 2.75) is 77.0 Å². The molecule has 2 N–H and O–H groups in total. The Hall–Kier alpha value is -2.32. The van der Waals surface area contributed by atoms with Gasteiger partial charge in [0.15, 0.2) is 0 Å². The SMILES string of the molecule is COC(=O)[C@H](C[C@@H]1CCCNC1=O)NC(=O)[C@H](CC1CC1)N(C)C(=O)OC(C)(C)C. The number of hydrogen-bond donors (Lipinski definition) is 2. The molecule has 3 atom stereocenters. The number of carbonyl (C=O) groups is 4. The lowest BCUT2D eigenvalue weighted by Gasteiger charge is -2.31. The summed E-state index contributed by atoms with van der Waals surface area (Å²) in [6, 6.07) is -1.72. The van der Waals surface area contributed by atoms with Gasteiger partial charge in [0.2, 0.25) is 11.8 Å². The highest BCUT2D eigenvalue weighted by molar-refractivity contribution is 5.90. The third-order valence-electron chi connectivity index (χ3n) is 5.43. The molecular weight excluding hydrogens is 390 g/mol. The van der Waals surface area contributed by atoms with Gasteiger partial charge < -0.3 is 20.1 Å². The van der Waals surface area contributed by atoms with Crippen molar-refractivity contribution in [2.24, 2.45) is 11.8 Å². The summed E-state index contributed by atoms with van der Waals surface area (Å²) in [4.78, 5) is 51.3. The first-order valence-electron chi connectivity index (χ1n) is 10.6. The number of carbonyl (C=O) groups excluding carboxylic acids is 4. The van der Waals surface area contributed by atoms with Crippen LogP contribution in [0, 0.1) is 11.8 Å². The molecule has 1 aliphatic carbocycles. The largest absolute Gasteiger partial charge is 0.467 e. The van der Waals surface area contributed by atoms with Crippen molar-refractivity contribution < 1.29 is 28.7 Å². The minimum atomic E-state index is -0.954. The first-order valence-corrected chi connectivity index (χ1v) is 10.6. The van der Waals surface area contributed by atoms with E-state index >= 15 is 0 Å². The molecule has 0 aromatic carbocycles. The second-order valence-corrected chi connectivity index (χ2v) is 9.24. The lowest BCUT2D eigenvalue weighted by molar-refractivity contribution is -0.146. The van der Waals surface area contributed by atoms with Crippen LogP contribution >= 0.6 is 0 Å². The molecule has 0 unspecified atom stereocenters. The van der Waals surface area contributed by atoms with E-state index < -0.39 is 35.7 Å². The van der Waals surface area contributed by atoms with E-state index in [1.807, 2.05) is 0 Å². The number of rotatable bonds is 8. The molecule has 9 heteroatoms. The molecule has 0 aromatic rings. The van der Waals surface area contributed by atoms with Crippen LogP contribution in [0.1, 0.15) is 59.3 Å². The van der Waals surface area contributed by atoms with E-state index in [0.29, 0.717) is 25.3 Å². The summed E-state index contributed by atoms with van der Waals surface area (Å²) in [7, 11) is 2.78. The molecule has 1 heterocycles. The number of hydrogen-bond acceptors (Lipinski definition) is 6. The van der Waals surface area contributed by atoms with Crippen molar-refractivity contribution >= 4 is 23.9 Å². The van der Waals surface area contributed by atoms with Crippen LogP contribution in [0.3, 0.4) is 0 Å². The Labute approximate surface area is 178 Å². The lowest BCUT2D eigenvalue weighted by Crippen LogP contribution is -2.54. The van der Waals surface area contributed by atoms with E-state index in [-0.39, 0.29) is 18.2 Å². The van der Waals surface area contributed by atoms with Crippen molar-refractivity contribution in [2.75, 3.05) is 20.7 Å². The Morgan fingerprint density at radius 1 is 1.20 bits per heavy atom. The van der Waals surface area contributed by atoms with Gasteiger partial charge in [0.05, 0.1) is 7.11 Å². The zero-order valence-electron chi connectivity index (χ0n) is 18.7. The second kappa shape index (κ2) is 10.1. The monoisotopic (exact) mass is 425 g/mol. The zero-order chi connectivity index (χ0) is 22.5. The molecule has 1 saturated heterocycles. The van der Waals surface area contributed by atoms with Crippen molar-refractivity contribution in [1.82, 2.24) is 15.5 Å². The van der Waals surface area contributed by atoms with Crippen LogP contribution in [0.25, 0.3) is 0 Å². The van der Waals surface area contributed by atoms with Gasteiger partial charge in [0, 0.05) is 19.5 Å². The van der Waals surface area contributed by atoms with Crippen LogP contribution < -0.4 is 10.6 Å². The van der Waals surface area contributed by atoms with Crippen molar-refractivity contribution in [3.8, 4) is 0 Å². The smallest absolute Gasteiger partial charge is 0.410 e. The van der Waals surface area contributed by atoms with Gasteiger partial charge in [0.1, 0.15) is 17.7 Å². The van der Waals surface area contributed by atoms with Gasteiger partial charge in [-0.3, -0.25) is 14.5 Å². The number of nitrogens with one attached hydrogen (secondary N) is 2. The first-order chi connectivity index (χ1) is 14.0. The van der Waals surface area contributed by atoms with Gasteiger partial charge in [-0.2, -0.15) is 0 Å². The van der Waals surface area contributed by atoms with Gasteiger partial charge in [-0.25, -0.2) is 9.59 Å². The Bertz CT molecular complexity index is 656. The molecule has 2 rings (SSSR count). The molecule has 2 aliphatic rings. The molecular formula is C21H35N3O6. The van der Waals surface area contributed by atoms with E-state index in [0.717, 1.165) is 19.3 Å². The highest BCUT2D eigenvalue weighted by Crippen LogP contribution is 2.35. The lowest BCUT2D eigenvalue weighted by atomic mass is 9.91. The van der Waals surface area contributed by atoms with E-state index in [1.165, 1.54) is 19.1 Å². The van der Waals surface area contributed by atoms with Crippen LogP contribution in [0.4, 0.5) is 4.79 Å². The van der Waals surface area contributed by atoms with E-state index in [1.54, 1.807) is 20.8 Å². The molecule has 3 amide bonds. The first kappa shape index (κ1) is 24.0. The third-order valence-corrected chi connectivity index (χ3v) is 5.43. The van der Waals surface area contributed by atoms with Gasteiger partial charge >= 0.3 is 12.1 Å². The maximum absolute atomic E-state index is 13.1. The van der Waals surface area contributed by atoms with E-state index in [9.17, 15) is 19.2 Å². The third kappa shape index (κ3) is 7.18. The number of methoxy groups -OCH3 is 1. The molecule has 1 saturated carbocycles. The zero-order valence-corrected chi connectivity index (χ0v) is 18.7. The van der Waals surface area contributed by atoms with Gasteiger partial charge in [-0.15, -0.1) is 0 Å². The van der Waals surface area contributed by atoms with Gasteiger partial charge in [-0.1, -0.05) is 12.8 Å². The van der Waals surface area contributed by atoms with Crippen LogP contribution in [0.15, 0.2) is 0 Å². The van der Waals surface area contributed by atoms with Gasteiger partial charge in [-0.05, 0) is 52.4 Å². The summed E-state index contributed by atoms with van der Waals surface area (Å²) < 4.78 is 10.3. The standard InChI is InChI=1S/C21H35N3O6/c1-21(2,3)30-20(28)24(4)16(11-13-8-9-13)18(26)23-15(19(27)29-5)12-14-7-6-10-22-17(14)25/h13-16H,6-12H2,1-5H3,(H,22,25)(H,23,26)/t14-,15-,16-/m0/s1. The summed E-state index contributed by atoms with van der Waals surface area (Å²) in [6.07, 6.45) is 3.56. The Kier molecular flexibility index (Phi) is 8.09. The summed E-state index contributed by atoms with van der Waals surface area (Å²) in [5.74, 6) is -1.17. The molecule has 0 spiro atoms. The van der Waals surface area contributed by atoms with Crippen molar-refractivity contribution in [3.63, 3.8) is 0 Å². The minimum Gasteiger partial charge on any atom is -0.467 e. The normalized spacial score (nSPS) is 21.1. The highest BCUT2D eigenvalue weighted by Gasteiger charge is 2.38. The fourth-order valence-corrected chi connectivity index (χ4v) is 3.54. The maximum Gasteiger partial charge on any atom is 0.410 e. The van der Waals surface area contributed by atoms with Crippen LogP contribution in [0.2, 0.25) is 0 Å². The molecule has 1 aliphatic heterocycles. The van der Waals surface area contributed by atoms with E-state index in [4.69, 9.17) is 9.47 Å². The number of esters is 1. The number of amides is 3. The van der Waals surface area contributed by atoms with Gasteiger partial charge in [0.25, 0.3) is 0 Å². The minimum absolute atomic E-state index is 0.121. The average molecular weight is 426 g/mol. The summed E-state index contributed by atoms with van der Waals surface area (Å²) in [5.41, 5.74) is -0.686. The quantitative estimate of drug-likeness (QED) is 0.571. The number of ether oxygens (including phenoxy) is 2. The van der Waals surface area contributed by atoms with Crippen LogP contribution in [-0.2, 0) is 23.9 Å². The Balaban J connectivity index is 2.10. The highest BCUT2D eigenvalue weighted by atomic mass is 16.6. The predicted molar refractivity (Wildman–Crippen MR) is 109 cm³/mol. The summed E-state index contributed by atoms with van der Waals surface area (Å²) in [5, 5.41) is 5.51. The number of nitrogens with zero attached hydrogens (tertiary/aromatic N) is 1. The van der Waals surface area contributed by atoms with E-state index in [2.05, 4.69) is 10.6 Å². The maximum atomic E-state index is 13.1. The summed E-state index contributed by atoms with van der Waals surface area (Å²) in [6.45, 7) is 5.90. The fraction of sp³-hybridized carbons (Fsp3) is 0.810. The summed E-state index contributed by atoms with van der Waals surface area (Å²) >= 11 is 0. The fourth-order valence-electron chi connectivity index (χ4n) is 3.54.